The molecule has 10 heavy (non-hydrogen) atoms. The molecule has 0 aliphatic heterocycles. The van der Waals surface area contributed by atoms with Crippen LogP contribution in [-0.4, -0.2) is 19.1 Å². The van der Waals surface area contributed by atoms with Crippen LogP contribution in [-0.2, 0) is 9.53 Å². The van der Waals surface area contributed by atoms with Gasteiger partial charge in [0.25, 0.3) is 0 Å². The summed E-state index contributed by atoms with van der Waals surface area (Å²) in [6, 6.07) is -0.634. The Labute approximate surface area is 60.8 Å². The van der Waals surface area contributed by atoms with E-state index in [-0.39, 0.29) is 5.92 Å². The minimum Gasteiger partial charge on any atom is -0.463 e. The molecule has 3 heteroatoms. The van der Waals surface area contributed by atoms with Crippen LogP contribution in [0.15, 0.2) is 0 Å². The van der Waals surface area contributed by atoms with Gasteiger partial charge in [-0.3, -0.25) is 0 Å². The molecule has 1 unspecified atom stereocenters. The van der Waals surface area contributed by atoms with Crippen molar-refractivity contribution in [3.63, 3.8) is 0 Å². The molecule has 0 amide bonds. The van der Waals surface area contributed by atoms with Crippen LogP contribution in [0.1, 0.15) is 13.8 Å². The molecule has 1 atom stereocenters. The molecule has 0 spiro atoms. The average molecular weight is 141 g/mol. The number of esters is 1. The van der Waals surface area contributed by atoms with Crippen molar-refractivity contribution in [2.45, 2.75) is 19.9 Å². The minimum absolute atomic E-state index is 0.0324. The predicted molar refractivity (Wildman–Crippen MR) is 37.2 cm³/mol. The molecule has 0 saturated heterocycles. The molecule has 56 valence electrons. The number of methoxy groups -OCH3 is 1. The summed E-state index contributed by atoms with van der Waals surface area (Å²) < 4.78 is 4.41. The molecule has 0 aromatic heterocycles. The van der Waals surface area contributed by atoms with E-state index in [2.05, 4.69) is 9.58 Å². The summed E-state index contributed by atoms with van der Waals surface area (Å²) in [7, 11) is 1.29. The molecule has 0 aliphatic rings. The van der Waals surface area contributed by atoms with Gasteiger partial charge in [-0.25, -0.2) is 11.4 Å². The highest BCUT2D eigenvalue weighted by molar-refractivity contribution is 5.77. The quantitative estimate of drug-likeness (QED) is 0.426. The molecule has 0 radical (unpaired) electrons. The highest BCUT2D eigenvalue weighted by atomic mass is 16.5. The van der Waals surface area contributed by atoms with Crippen molar-refractivity contribution in [2.75, 3.05) is 7.11 Å². The first-order chi connectivity index (χ1) is 4.63. The third-order valence-corrected chi connectivity index (χ3v) is 1.21. The molecule has 0 fully saturated rings. The maximum atomic E-state index is 10.7. The number of ether oxygens (including phenoxy) is 1. The molecule has 0 aliphatic carbocycles. The van der Waals surface area contributed by atoms with E-state index in [4.69, 9.17) is 6.57 Å². The maximum Gasteiger partial charge on any atom is 0.390 e. The Bertz CT molecular complexity index is 157. The fourth-order valence-corrected chi connectivity index (χ4v) is 0.595. The Morgan fingerprint density at radius 3 is 2.20 bits per heavy atom. The van der Waals surface area contributed by atoms with Crippen LogP contribution in [0.2, 0.25) is 0 Å². The van der Waals surface area contributed by atoms with Crippen molar-refractivity contribution in [2.24, 2.45) is 5.92 Å². The largest absolute Gasteiger partial charge is 0.463 e. The van der Waals surface area contributed by atoms with E-state index >= 15 is 0 Å². The average Bonchev–Trinajstić information content (AvgIpc) is 1.88. The lowest BCUT2D eigenvalue weighted by Crippen LogP contribution is -2.23. The Hall–Kier alpha value is -1.04. The predicted octanol–water partition coefficient (Wildman–Crippen LogP) is 1.10. The molecule has 0 N–H and O–H groups in total. The number of carbonyl (C=O) groups excluding carboxylic acids is 1. The van der Waals surface area contributed by atoms with Crippen molar-refractivity contribution in [3.05, 3.63) is 11.4 Å². The van der Waals surface area contributed by atoms with E-state index in [1.54, 1.807) is 0 Å². The van der Waals surface area contributed by atoms with Gasteiger partial charge in [0.1, 0.15) is 0 Å². The number of rotatable bonds is 2. The Kier molecular flexibility index (Phi) is 3.48. The van der Waals surface area contributed by atoms with Gasteiger partial charge in [-0.2, -0.15) is 0 Å². The first-order valence-electron chi connectivity index (χ1n) is 3.08. The summed E-state index contributed by atoms with van der Waals surface area (Å²) >= 11 is 0. The van der Waals surface area contributed by atoms with Crippen LogP contribution in [0.5, 0.6) is 0 Å². The van der Waals surface area contributed by atoms with Gasteiger partial charge in [0.05, 0.1) is 7.11 Å². The molecule has 0 aromatic carbocycles. The lowest BCUT2D eigenvalue weighted by molar-refractivity contribution is -0.142. The van der Waals surface area contributed by atoms with Crippen LogP contribution in [0.25, 0.3) is 4.85 Å². The monoisotopic (exact) mass is 141 g/mol. The Morgan fingerprint density at radius 2 is 2.10 bits per heavy atom. The second-order valence-corrected chi connectivity index (χ2v) is 2.34. The lowest BCUT2D eigenvalue weighted by atomic mass is 10.1. The van der Waals surface area contributed by atoms with Crippen LogP contribution < -0.4 is 0 Å². The van der Waals surface area contributed by atoms with E-state index in [0.29, 0.717) is 0 Å². The second kappa shape index (κ2) is 3.89. The zero-order chi connectivity index (χ0) is 8.15. The summed E-state index contributed by atoms with van der Waals surface area (Å²) in [6.45, 7) is 10.3. The van der Waals surface area contributed by atoms with Crippen LogP contribution in [0, 0.1) is 12.5 Å². The van der Waals surface area contributed by atoms with Gasteiger partial charge in [0, 0.05) is 5.92 Å². The van der Waals surface area contributed by atoms with E-state index in [0.717, 1.165) is 0 Å². The normalized spacial score (nSPS) is 12.3. The molecule has 0 rings (SSSR count). The van der Waals surface area contributed by atoms with E-state index in [1.807, 2.05) is 13.8 Å². The van der Waals surface area contributed by atoms with Gasteiger partial charge in [-0.1, -0.05) is 13.8 Å². The second-order valence-electron chi connectivity index (χ2n) is 2.34. The Morgan fingerprint density at radius 1 is 1.60 bits per heavy atom. The summed E-state index contributed by atoms with van der Waals surface area (Å²) in [5.74, 6) is -0.407. The van der Waals surface area contributed by atoms with Crippen molar-refractivity contribution in [3.8, 4) is 0 Å². The van der Waals surface area contributed by atoms with Crippen LogP contribution >= 0.6 is 0 Å². The van der Waals surface area contributed by atoms with Gasteiger partial charge in [0.15, 0.2) is 0 Å². The van der Waals surface area contributed by atoms with E-state index in [9.17, 15) is 4.79 Å². The smallest absolute Gasteiger partial charge is 0.390 e. The molecular weight excluding hydrogens is 130 g/mol. The summed E-state index contributed by atoms with van der Waals surface area (Å²) in [4.78, 5) is 13.9. The zero-order valence-electron chi connectivity index (χ0n) is 6.42. The molecule has 0 heterocycles. The standard InChI is InChI=1S/C7H11NO2/c1-5(2)6(8-3)7(9)10-4/h5-6H,1-2,4H3. The fraction of sp³-hybridized carbons (Fsp3) is 0.714. The maximum absolute atomic E-state index is 10.7. The van der Waals surface area contributed by atoms with Gasteiger partial charge in [0.2, 0.25) is 0 Å². The zero-order valence-corrected chi connectivity index (χ0v) is 6.42. The first-order valence-corrected chi connectivity index (χ1v) is 3.08. The van der Waals surface area contributed by atoms with Gasteiger partial charge >= 0.3 is 12.0 Å². The van der Waals surface area contributed by atoms with Crippen molar-refractivity contribution < 1.29 is 9.53 Å². The number of carbonyl (C=O) groups is 1. The number of nitrogens with zero attached hydrogens (tertiary/aromatic N) is 1. The number of hydrogen-bond acceptors (Lipinski definition) is 2. The summed E-state index contributed by atoms with van der Waals surface area (Å²) in [5.41, 5.74) is 0. The van der Waals surface area contributed by atoms with Crippen LogP contribution in [0.3, 0.4) is 0 Å². The summed E-state index contributed by atoms with van der Waals surface area (Å²) in [6.07, 6.45) is 0. The van der Waals surface area contributed by atoms with Crippen LogP contribution in [0.4, 0.5) is 0 Å². The first kappa shape index (κ1) is 8.96. The lowest BCUT2D eigenvalue weighted by Gasteiger charge is -2.04. The van der Waals surface area contributed by atoms with E-state index < -0.39 is 12.0 Å². The molecule has 0 saturated carbocycles. The van der Waals surface area contributed by atoms with E-state index in [1.165, 1.54) is 7.11 Å². The summed E-state index contributed by atoms with van der Waals surface area (Å²) in [5, 5.41) is 0. The molecule has 3 nitrogen and oxygen atoms in total. The van der Waals surface area contributed by atoms with Crippen molar-refractivity contribution in [1.82, 2.24) is 0 Å². The SMILES string of the molecule is [C-]#[N+]C(C(=O)OC)C(C)C. The molecule has 0 aromatic rings. The molecular formula is C7H11NO2. The van der Waals surface area contributed by atoms with Gasteiger partial charge in [-0.15, -0.1) is 0 Å². The van der Waals surface area contributed by atoms with Crippen molar-refractivity contribution in [1.29, 1.82) is 0 Å². The van der Waals surface area contributed by atoms with Gasteiger partial charge < -0.3 is 9.58 Å². The highest BCUT2D eigenvalue weighted by Crippen LogP contribution is 2.06. The fourth-order valence-electron chi connectivity index (χ4n) is 0.595. The highest BCUT2D eigenvalue weighted by Gasteiger charge is 2.27. The topological polar surface area (TPSA) is 30.7 Å². The third-order valence-electron chi connectivity index (χ3n) is 1.21. The Balaban J connectivity index is 4.11. The molecule has 0 bridgehead atoms. The number of hydrogen-bond donors (Lipinski definition) is 0. The van der Waals surface area contributed by atoms with Crippen molar-refractivity contribution >= 4 is 5.97 Å². The van der Waals surface area contributed by atoms with Gasteiger partial charge in [-0.05, 0) is 0 Å². The minimum atomic E-state index is -0.634. The third kappa shape index (κ3) is 2.06.